The van der Waals surface area contributed by atoms with Crippen LogP contribution in [0.15, 0.2) is 86.7 Å². The van der Waals surface area contributed by atoms with Crippen molar-refractivity contribution in [3.05, 3.63) is 94.9 Å². The van der Waals surface area contributed by atoms with Crippen LogP contribution in [0.3, 0.4) is 0 Å². The molecular weight excluding hydrogens is 456 g/mol. The molecule has 0 aliphatic heterocycles. The molecule has 0 bridgehead atoms. The minimum absolute atomic E-state index is 0.156. The minimum atomic E-state index is -0.516. The van der Waals surface area contributed by atoms with Crippen molar-refractivity contribution in [3.63, 3.8) is 0 Å². The SMILES string of the molecule is COC(=O)c1ccc(-c2ccc(/C=N\NC(=O)c3cc4c(ccc5ccccc54)o3)o2)cc1Cl. The highest BCUT2D eigenvalue weighted by Crippen LogP contribution is 2.29. The Morgan fingerprint density at radius 3 is 2.65 bits per heavy atom. The zero-order valence-electron chi connectivity index (χ0n) is 17.9. The molecule has 0 radical (unpaired) electrons. The molecule has 168 valence electrons. The van der Waals surface area contributed by atoms with Crippen LogP contribution in [-0.2, 0) is 4.74 Å². The highest BCUT2D eigenvalue weighted by atomic mass is 35.5. The highest BCUT2D eigenvalue weighted by Gasteiger charge is 2.14. The number of carbonyl (C=O) groups is 2. The third kappa shape index (κ3) is 4.04. The molecule has 0 saturated carbocycles. The fraction of sp³-hybridized carbons (Fsp3) is 0.0385. The van der Waals surface area contributed by atoms with E-state index in [-0.39, 0.29) is 16.3 Å². The Hall–Kier alpha value is -4.36. The molecule has 0 saturated heterocycles. The van der Waals surface area contributed by atoms with Crippen LogP contribution in [0.4, 0.5) is 0 Å². The van der Waals surface area contributed by atoms with Crippen molar-refractivity contribution in [1.29, 1.82) is 0 Å². The summed E-state index contributed by atoms with van der Waals surface area (Å²) < 4.78 is 16.1. The maximum Gasteiger partial charge on any atom is 0.339 e. The lowest BCUT2D eigenvalue weighted by atomic mass is 10.1. The Kier molecular flexibility index (Phi) is 5.61. The first-order chi connectivity index (χ1) is 16.5. The van der Waals surface area contributed by atoms with Crippen molar-refractivity contribution in [2.75, 3.05) is 7.11 Å². The molecule has 2 heterocycles. The predicted molar refractivity (Wildman–Crippen MR) is 129 cm³/mol. The maximum absolute atomic E-state index is 12.5. The van der Waals surface area contributed by atoms with Gasteiger partial charge in [0, 0.05) is 10.9 Å². The summed E-state index contributed by atoms with van der Waals surface area (Å²) in [5.74, 6) is 0.101. The zero-order chi connectivity index (χ0) is 23.7. The molecule has 0 atom stereocenters. The molecular formula is C26H17ClN2O5. The number of fused-ring (bicyclic) bond motifs is 3. The largest absolute Gasteiger partial charge is 0.465 e. The molecule has 3 aromatic carbocycles. The summed E-state index contributed by atoms with van der Waals surface area (Å²) in [6.07, 6.45) is 1.38. The average Bonchev–Trinajstić information content (AvgIpc) is 3.51. The monoisotopic (exact) mass is 472 g/mol. The molecule has 7 nitrogen and oxygen atoms in total. The average molecular weight is 473 g/mol. The smallest absolute Gasteiger partial charge is 0.339 e. The van der Waals surface area contributed by atoms with Crippen LogP contribution >= 0.6 is 11.6 Å². The summed E-state index contributed by atoms with van der Waals surface area (Å²) in [6, 6.07) is 21.7. The van der Waals surface area contributed by atoms with Gasteiger partial charge in [0.1, 0.15) is 17.1 Å². The second-order valence-corrected chi connectivity index (χ2v) is 7.80. The molecule has 5 rings (SSSR count). The van der Waals surface area contributed by atoms with Crippen molar-refractivity contribution in [3.8, 4) is 11.3 Å². The number of methoxy groups -OCH3 is 1. The summed E-state index contributed by atoms with van der Waals surface area (Å²) in [4.78, 5) is 24.2. The number of furan rings is 2. The van der Waals surface area contributed by atoms with E-state index >= 15 is 0 Å². The van der Waals surface area contributed by atoms with Gasteiger partial charge in [-0.3, -0.25) is 4.79 Å². The molecule has 8 heteroatoms. The van der Waals surface area contributed by atoms with Gasteiger partial charge in [-0.2, -0.15) is 5.10 Å². The first-order valence-corrected chi connectivity index (χ1v) is 10.6. The lowest BCUT2D eigenvalue weighted by Crippen LogP contribution is -2.16. The number of hydrogen-bond acceptors (Lipinski definition) is 6. The third-order valence-corrected chi connectivity index (χ3v) is 5.61. The number of halogens is 1. The topological polar surface area (TPSA) is 94.0 Å². The highest BCUT2D eigenvalue weighted by molar-refractivity contribution is 6.33. The van der Waals surface area contributed by atoms with Crippen molar-refractivity contribution in [2.45, 2.75) is 0 Å². The van der Waals surface area contributed by atoms with E-state index in [2.05, 4.69) is 10.5 Å². The number of ether oxygens (including phenoxy) is 1. The summed E-state index contributed by atoms with van der Waals surface area (Å²) >= 11 is 6.17. The fourth-order valence-electron chi connectivity index (χ4n) is 3.64. The second kappa shape index (κ2) is 8.88. The quantitative estimate of drug-likeness (QED) is 0.191. The first kappa shape index (κ1) is 21.5. The lowest BCUT2D eigenvalue weighted by Gasteiger charge is -2.04. The van der Waals surface area contributed by atoms with Gasteiger partial charge in [-0.05, 0) is 47.2 Å². The van der Waals surface area contributed by atoms with E-state index in [0.29, 0.717) is 22.7 Å². The summed E-state index contributed by atoms with van der Waals surface area (Å²) in [5.41, 5.74) is 4.01. The predicted octanol–water partition coefficient (Wildman–Crippen LogP) is 6.05. The van der Waals surface area contributed by atoms with E-state index in [1.807, 2.05) is 36.4 Å². The van der Waals surface area contributed by atoms with Crippen molar-refractivity contribution in [1.82, 2.24) is 5.43 Å². The van der Waals surface area contributed by atoms with Crippen molar-refractivity contribution in [2.24, 2.45) is 5.10 Å². The Balaban J connectivity index is 1.29. The zero-order valence-corrected chi connectivity index (χ0v) is 18.6. The van der Waals surface area contributed by atoms with Gasteiger partial charge >= 0.3 is 11.9 Å². The molecule has 0 spiro atoms. The van der Waals surface area contributed by atoms with Crippen LogP contribution in [0.1, 0.15) is 26.7 Å². The summed E-state index contributed by atoms with van der Waals surface area (Å²) in [5, 5.41) is 7.14. The van der Waals surface area contributed by atoms with E-state index in [9.17, 15) is 9.59 Å². The molecule has 1 N–H and O–H groups in total. The van der Waals surface area contributed by atoms with Crippen molar-refractivity contribution < 1.29 is 23.2 Å². The number of hydrazone groups is 1. The van der Waals surface area contributed by atoms with E-state index in [0.717, 1.165) is 16.2 Å². The Morgan fingerprint density at radius 2 is 1.82 bits per heavy atom. The van der Waals surface area contributed by atoms with Gasteiger partial charge in [0.15, 0.2) is 5.76 Å². The molecule has 0 fully saturated rings. The van der Waals surface area contributed by atoms with E-state index in [1.165, 1.54) is 13.3 Å². The first-order valence-electron chi connectivity index (χ1n) is 10.3. The fourth-order valence-corrected chi connectivity index (χ4v) is 3.89. The van der Waals surface area contributed by atoms with Crippen LogP contribution in [-0.4, -0.2) is 25.2 Å². The van der Waals surface area contributed by atoms with Gasteiger partial charge in [0.05, 0.1) is 23.9 Å². The van der Waals surface area contributed by atoms with Crippen LogP contribution in [0, 0.1) is 0 Å². The molecule has 34 heavy (non-hydrogen) atoms. The van der Waals surface area contributed by atoms with Gasteiger partial charge in [0.2, 0.25) is 0 Å². The summed E-state index contributed by atoms with van der Waals surface area (Å²) in [7, 11) is 1.29. The van der Waals surface area contributed by atoms with Crippen LogP contribution in [0.5, 0.6) is 0 Å². The lowest BCUT2D eigenvalue weighted by molar-refractivity contribution is 0.0600. The number of nitrogens with one attached hydrogen (secondary N) is 1. The molecule has 1 amide bonds. The standard InChI is InChI=1S/C26H17ClN2O5/c1-32-26(31)19-9-6-16(12-21(19)27)22-11-8-17(33-22)14-28-29-25(30)24-13-20-18-5-3-2-4-15(18)7-10-23(20)34-24/h2-14H,1H3,(H,29,30)/b28-14-. The van der Waals surface area contributed by atoms with E-state index < -0.39 is 11.9 Å². The van der Waals surface area contributed by atoms with Crippen LogP contribution in [0.2, 0.25) is 5.02 Å². The van der Waals surface area contributed by atoms with Gasteiger partial charge in [-0.25, -0.2) is 10.2 Å². The summed E-state index contributed by atoms with van der Waals surface area (Å²) in [6.45, 7) is 0. The van der Waals surface area contributed by atoms with Gasteiger partial charge in [0.25, 0.3) is 0 Å². The minimum Gasteiger partial charge on any atom is -0.465 e. The van der Waals surface area contributed by atoms with Crippen molar-refractivity contribution >= 4 is 51.4 Å². The number of nitrogens with zero attached hydrogens (tertiary/aromatic N) is 1. The molecule has 5 aromatic rings. The molecule has 2 aromatic heterocycles. The number of benzene rings is 3. The van der Waals surface area contributed by atoms with Gasteiger partial charge in [-0.1, -0.05) is 48.0 Å². The number of amides is 1. The van der Waals surface area contributed by atoms with E-state index in [1.54, 1.807) is 36.4 Å². The maximum atomic E-state index is 12.5. The molecule has 0 aliphatic rings. The number of esters is 1. The Bertz CT molecular complexity index is 1580. The normalized spacial score (nSPS) is 11.4. The molecule has 0 aliphatic carbocycles. The van der Waals surface area contributed by atoms with Crippen LogP contribution in [0.25, 0.3) is 33.1 Å². The number of hydrogen-bond donors (Lipinski definition) is 1. The van der Waals surface area contributed by atoms with Gasteiger partial charge in [-0.15, -0.1) is 0 Å². The second-order valence-electron chi connectivity index (χ2n) is 7.40. The Morgan fingerprint density at radius 1 is 0.971 bits per heavy atom. The van der Waals surface area contributed by atoms with Gasteiger partial charge < -0.3 is 13.6 Å². The Labute approximate surface area is 198 Å². The molecule has 0 unspecified atom stereocenters. The van der Waals surface area contributed by atoms with E-state index in [4.69, 9.17) is 25.2 Å². The third-order valence-electron chi connectivity index (χ3n) is 5.29. The number of carbonyl (C=O) groups excluding carboxylic acids is 2. The van der Waals surface area contributed by atoms with Crippen LogP contribution < -0.4 is 5.43 Å². The number of rotatable bonds is 5.